The summed E-state index contributed by atoms with van der Waals surface area (Å²) < 4.78 is 0. The molecule has 0 saturated carbocycles. The molecule has 1 N–H and O–H groups in total. The van der Waals surface area contributed by atoms with Gasteiger partial charge in [-0.3, -0.25) is 4.79 Å². The molecule has 0 aliphatic carbocycles. The van der Waals surface area contributed by atoms with Crippen LogP contribution in [0.25, 0.3) is 0 Å². The first kappa shape index (κ1) is 15.2. The van der Waals surface area contributed by atoms with Gasteiger partial charge >= 0.3 is 0 Å². The molecule has 1 aromatic carbocycles. The van der Waals surface area contributed by atoms with E-state index in [-0.39, 0.29) is 0 Å². The van der Waals surface area contributed by atoms with Crippen molar-refractivity contribution < 1.29 is 4.79 Å². The summed E-state index contributed by atoms with van der Waals surface area (Å²) >= 11 is 7.81. The molecule has 3 nitrogen and oxygen atoms in total. The van der Waals surface area contributed by atoms with E-state index in [1.165, 1.54) is 6.42 Å². The Kier molecular flexibility index (Phi) is 5.09. The van der Waals surface area contributed by atoms with Gasteiger partial charge in [-0.25, -0.2) is 0 Å². The van der Waals surface area contributed by atoms with Crippen molar-refractivity contribution in [2.24, 2.45) is 0 Å². The zero-order valence-corrected chi connectivity index (χ0v) is 13.6. The van der Waals surface area contributed by atoms with Crippen molar-refractivity contribution in [1.29, 1.82) is 0 Å². The van der Waals surface area contributed by atoms with Crippen LogP contribution in [0.1, 0.15) is 25.7 Å². The SMILES string of the molecule is O=C(CCSc1ccccc1Cl)N1C2CCNCC1CC2. The standard InChI is InChI=1S/C16H21ClN2OS/c17-14-3-1-2-4-15(14)21-10-8-16(20)19-12-5-6-13(19)11-18-9-7-12/h1-4,12-13,18H,5-11H2. The molecule has 2 fully saturated rings. The van der Waals surface area contributed by atoms with Gasteiger partial charge in [0.2, 0.25) is 5.91 Å². The van der Waals surface area contributed by atoms with Gasteiger partial charge < -0.3 is 10.2 Å². The molecule has 0 spiro atoms. The Balaban J connectivity index is 1.53. The zero-order valence-electron chi connectivity index (χ0n) is 12.1. The third-order valence-corrected chi connectivity index (χ3v) is 5.87. The van der Waals surface area contributed by atoms with Crippen molar-refractivity contribution in [3.63, 3.8) is 0 Å². The van der Waals surface area contributed by atoms with Crippen molar-refractivity contribution in [3.05, 3.63) is 29.3 Å². The first-order chi connectivity index (χ1) is 10.3. The van der Waals surface area contributed by atoms with Crippen LogP contribution in [0.4, 0.5) is 0 Å². The molecular weight excluding hydrogens is 304 g/mol. The van der Waals surface area contributed by atoms with Crippen molar-refractivity contribution >= 4 is 29.3 Å². The number of carbonyl (C=O) groups is 1. The van der Waals surface area contributed by atoms with Gasteiger partial charge in [-0.1, -0.05) is 23.7 Å². The van der Waals surface area contributed by atoms with E-state index in [2.05, 4.69) is 10.2 Å². The monoisotopic (exact) mass is 324 g/mol. The number of nitrogens with one attached hydrogen (secondary N) is 1. The van der Waals surface area contributed by atoms with E-state index in [0.29, 0.717) is 24.4 Å². The van der Waals surface area contributed by atoms with Crippen LogP contribution in [-0.4, -0.2) is 41.7 Å². The van der Waals surface area contributed by atoms with Crippen LogP contribution >= 0.6 is 23.4 Å². The van der Waals surface area contributed by atoms with Crippen LogP contribution in [0.2, 0.25) is 5.02 Å². The Morgan fingerprint density at radius 2 is 2.10 bits per heavy atom. The highest BCUT2D eigenvalue weighted by Crippen LogP contribution is 2.30. The summed E-state index contributed by atoms with van der Waals surface area (Å²) in [5.41, 5.74) is 0. The molecule has 2 atom stereocenters. The van der Waals surface area contributed by atoms with E-state index in [1.54, 1.807) is 11.8 Å². The predicted molar refractivity (Wildman–Crippen MR) is 87.9 cm³/mol. The Labute approximate surface area is 135 Å². The number of hydrogen-bond donors (Lipinski definition) is 1. The van der Waals surface area contributed by atoms with Gasteiger partial charge in [-0.2, -0.15) is 0 Å². The summed E-state index contributed by atoms with van der Waals surface area (Å²) in [7, 11) is 0. The lowest BCUT2D eigenvalue weighted by Crippen LogP contribution is -2.42. The molecule has 114 valence electrons. The van der Waals surface area contributed by atoms with Gasteiger partial charge in [0.1, 0.15) is 0 Å². The molecule has 0 aromatic heterocycles. The maximum atomic E-state index is 12.5. The van der Waals surface area contributed by atoms with Gasteiger partial charge in [-0.15, -0.1) is 11.8 Å². The van der Waals surface area contributed by atoms with E-state index in [4.69, 9.17) is 11.6 Å². The predicted octanol–water partition coefficient (Wildman–Crippen LogP) is 3.18. The number of carbonyl (C=O) groups excluding carboxylic acids is 1. The largest absolute Gasteiger partial charge is 0.335 e. The number of rotatable bonds is 4. The second-order valence-electron chi connectivity index (χ2n) is 5.71. The molecule has 2 aliphatic heterocycles. The van der Waals surface area contributed by atoms with Crippen molar-refractivity contribution in [3.8, 4) is 0 Å². The van der Waals surface area contributed by atoms with Crippen LogP contribution < -0.4 is 5.32 Å². The average molecular weight is 325 g/mol. The van der Waals surface area contributed by atoms with E-state index >= 15 is 0 Å². The summed E-state index contributed by atoms with van der Waals surface area (Å²) in [6.07, 6.45) is 4.03. The second-order valence-corrected chi connectivity index (χ2v) is 7.25. The highest BCUT2D eigenvalue weighted by Gasteiger charge is 2.37. The van der Waals surface area contributed by atoms with Crippen LogP contribution in [0, 0.1) is 0 Å². The van der Waals surface area contributed by atoms with Crippen LogP contribution in [0.3, 0.4) is 0 Å². The second kappa shape index (κ2) is 7.03. The number of benzene rings is 1. The molecule has 3 rings (SSSR count). The number of nitrogens with zero attached hydrogens (tertiary/aromatic N) is 1. The molecule has 1 amide bonds. The number of halogens is 1. The van der Waals surface area contributed by atoms with Gasteiger partial charge in [0.05, 0.1) is 5.02 Å². The van der Waals surface area contributed by atoms with Crippen LogP contribution in [0.15, 0.2) is 29.2 Å². The summed E-state index contributed by atoms with van der Waals surface area (Å²) in [5.74, 6) is 1.11. The van der Waals surface area contributed by atoms with E-state index in [1.807, 2.05) is 24.3 Å². The number of thioether (sulfide) groups is 1. The summed E-state index contributed by atoms with van der Waals surface area (Å²) in [6, 6.07) is 8.69. The summed E-state index contributed by atoms with van der Waals surface area (Å²) in [4.78, 5) is 15.8. The van der Waals surface area contributed by atoms with E-state index < -0.39 is 0 Å². The van der Waals surface area contributed by atoms with Crippen molar-refractivity contribution in [2.75, 3.05) is 18.8 Å². The summed E-state index contributed by atoms with van der Waals surface area (Å²) in [5, 5.41) is 4.21. The minimum absolute atomic E-state index is 0.311. The fraction of sp³-hybridized carbons (Fsp3) is 0.562. The number of hydrogen-bond acceptors (Lipinski definition) is 3. The molecule has 2 unspecified atom stereocenters. The van der Waals surface area contributed by atoms with Gasteiger partial charge in [-0.05, 0) is 37.9 Å². The molecule has 1 aromatic rings. The molecule has 2 aliphatic rings. The fourth-order valence-corrected chi connectivity index (χ4v) is 4.51. The lowest BCUT2D eigenvalue weighted by molar-refractivity contribution is -0.133. The van der Waals surface area contributed by atoms with E-state index in [9.17, 15) is 4.79 Å². The molecule has 5 heteroatoms. The molecule has 21 heavy (non-hydrogen) atoms. The third-order valence-electron chi connectivity index (χ3n) is 4.35. The number of fused-ring (bicyclic) bond motifs is 2. The van der Waals surface area contributed by atoms with Gasteiger partial charge in [0.15, 0.2) is 0 Å². The topological polar surface area (TPSA) is 32.3 Å². The fourth-order valence-electron chi connectivity index (χ4n) is 3.33. The minimum Gasteiger partial charge on any atom is -0.335 e. The quantitative estimate of drug-likeness (QED) is 0.863. The molecule has 2 bridgehead atoms. The highest BCUT2D eigenvalue weighted by molar-refractivity contribution is 7.99. The average Bonchev–Trinajstić information content (AvgIpc) is 2.74. The first-order valence-electron chi connectivity index (χ1n) is 7.65. The highest BCUT2D eigenvalue weighted by atomic mass is 35.5. The summed E-state index contributed by atoms with van der Waals surface area (Å²) in [6.45, 7) is 2.00. The number of amides is 1. The smallest absolute Gasteiger partial charge is 0.223 e. The Morgan fingerprint density at radius 1 is 1.29 bits per heavy atom. The van der Waals surface area contributed by atoms with E-state index in [0.717, 1.165) is 41.6 Å². The molecular formula is C16H21ClN2OS. The molecule has 2 heterocycles. The van der Waals surface area contributed by atoms with Crippen LogP contribution in [-0.2, 0) is 4.79 Å². The Morgan fingerprint density at radius 3 is 2.95 bits per heavy atom. The molecule has 0 radical (unpaired) electrons. The third kappa shape index (κ3) is 3.55. The van der Waals surface area contributed by atoms with Crippen molar-refractivity contribution in [2.45, 2.75) is 42.7 Å². The Hall–Kier alpha value is -0.710. The minimum atomic E-state index is 0.311. The van der Waals surface area contributed by atoms with Gasteiger partial charge in [0.25, 0.3) is 0 Å². The first-order valence-corrected chi connectivity index (χ1v) is 9.01. The molecule has 2 saturated heterocycles. The Bertz CT molecular complexity index is 497. The maximum absolute atomic E-state index is 12.5. The zero-order chi connectivity index (χ0) is 14.7. The maximum Gasteiger partial charge on any atom is 0.223 e. The van der Waals surface area contributed by atoms with Crippen molar-refractivity contribution in [1.82, 2.24) is 10.2 Å². The van der Waals surface area contributed by atoms with Gasteiger partial charge in [0, 0.05) is 35.7 Å². The lowest BCUT2D eigenvalue weighted by Gasteiger charge is -2.28. The lowest BCUT2D eigenvalue weighted by atomic mass is 10.1. The normalized spacial score (nSPS) is 24.9. The van der Waals surface area contributed by atoms with Crippen LogP contribution in [0.5, 0.6) is 0 Å².